The van der Waals surface area contributed by atoms with Gasteiger partial charge in [-0.15, -0.1) is 0 Å². The Labute approximate surface area is 102 Å². The van der Waals surface area contributed by atoms with Crippen molar-refractivity contribution < 1.29 is 4.74 Å². The number of ether oxygens (including phenoxy) is 1. The lowest BCUT2D eigenvalue weighted by molar-refractivity contribution is 0.114. The van der Waals surface area contributed by atoms with Gasteiger partial charge in [-0.3, -0.25) is 4.90 Å². The number of hydrogen-bond donors (Lipinski definition) is 1. The monoisotopic (exact) mass is 230 g/mol. The van der Waals surface area contributed by atoms with Gasteiger partial charge in [-0.05, 0) is 26.8 Å². The highest BCUT2D eigenvalue weighted by atomic mass is 16.5. The van der Waals surface area contributed by atoms with E-state index in [0.717, 1.165) is 19.7 Å². The molecular formula is C13H30N2O. The van der Waals surface area contributed by atoms with Crippen molar-refractivity contribution in [3.05, 3.63) is 0 Å². The summed E-state index contributed by atoms with van der Waals surface area (Å²) in [6, 6.07) is 1.25. The molecule has 1 N–H and O–H groups in total. The van der Waals surface area contributed by atoms with E-state index in [1.807, 2.05) is 0 Å². The summed E-state index contributed by atoms with van der Waals surface area (Å²) < 4.78 is 5.18. The summed E-state index contributed by atoms with van der Waals surface area (Å²) >= 11 is 0. The predicted octanol–water partition coefficient (Wildman–Crippen LogP) is 2.12. The van der Waals surface area contributed by atoms with Crippen LogP contribution >= 0.6 is 0 Å². The van der Waals surface area contributed by atoms with Crippen molar-refractivity contribution >= 4 is 0 Å². The summed E-state index contributed by atoms with van der Waals surface area (Å²) in [6.45, 7) is 9.78. The lowest BCUT2D eigenvalue weighted by Gasteiger charge is -2.31. The SMILES string of the molecule is CCCC(CN(CCOC)C(C)CC)NC. The maximum absolute atomic E-state index is 5.18. The van der Waals surface area contributed by atoms with Crippen LogP contribution in [-0.4, -0.2) is 50.8 Å². The lowest BCUT2D eigenvalue weighted by Crippen LogP contribution is -2.44. The maximum Gasteiger partial charge on any atom is 0.0589 e. The normalized spacial score (nSPS) is 15.4. The molecule has 2 unspecified atom stereocenters. The van der Waals surface area contributed by atoms with Gasteiger partial charge in [-0.1, -0.05) is 20.3 Å². The standard InChI is InChI=1S/C13H30N2O/c1-6-8-13(14-4)11-15(9-10-16-5)12(3)7-2/h12-14H,6-11H2,1-5H3. The molecule has 0 aliphatic carbocycles. The maximum atomic E-state index is 5.18. The molecule has 16 heavy (non-hydrogen) atoms. The van der Waals surface area contributed by atoms with E-state index in [4.69, 9.17) is 4.74 Å². The summed E-state index contributed by atoms with van der Waals surface area (Å²) in [5.41, 5.74) is 0. The zero-order valence-electron chi connectivity index (χ0n) is 11.8. The van der Waals surface area contributed by atoms with E-state index in [9.17, 15) is 0 Å². The van der Waals surface area contributed by atoms with Crippen molar-refractivity contribution in [2.75, 3.05) is 33.9 Å². The number of likely N-dealkylation sites (N-methyl/N-ethyl adjacent to an activating group) is 1. The molecule has 0 aromatic rings. The molecular weight excluding hydrogens is 200 g/mol. The van der Waals surface area contributed by atoms with Gasteiger partial charge in [0, 0.05) is 32.3 Å². The molecule has 3 heteroatoms. The second-order valence-corrected chi connectivity index (χ2v) is 4.52. The molecule has 0 rings (SSSR count). The molecule has 0 aliphatic heterocycles. The van der Waals surface area contributed by atoms with E-state index in [1.165, 1.54) is 19.3 Å². The smallest absolute Gasteiger partial charge is 0.0589 e. The van der Waals surface area contributed by atoms with Crippen LogP contribution in [0.25, 0.3) is 0 Å². The largest absolute Gasteiger partial charge is 0.383 e. The van der Waals surface area contributed by atoms with Gasteiger partial charge in [0.1, 0.15) is 0 Å². The first-order valence-corrected chi connectivity index (χ1v) is 6.59. The second kappa shape index (κ2) is 10.1. The number of hydrogen-bond acceptors (Lipinski definition) is 3. The predicted molar refractivity (Wildman–Crippen MR) is 71.0 cm³/mol. The topological polar surface area (TPSA) is 24.5 Å². The van der Waals surface area contributed by atoms with Gasteiger partial charge in [-0.25, -0.2) is 0 Å². The molecule has 0 aromatic carbocycles. The van der Waals surface area contributed by atoms with Crippen molar-refractivity contribution in [3.63, 3.8) is 0 Å². The van der Waals surface area contributed by atoms with E-state index >= 15 is 0 Å². The van der Waals surface area contributed by atoms with Crippen LogP contribution in [0.2, 0.25) is 0 Å². The van der Waals surface area contributed by atoms with Gasteiger partial charge < -0.3 is 10.1 Å². The first kappa shape index (κ1) is 15.9. The Hall–Kier alpha value is -0.120. The summed E-state index contributed by atoms with van der Waals surface area (Å²) in [7, 11) is 3.84. The van der Waals surface area contributed by atoms with E-state index in [2.05, 4.69) is 38.0 Å². The summed E-state index contributed by atoms with van der Waals surface area (Å²) in [4.78, 5) is 2.53. The van der Waals surface area contributed by atoms with Crippen LogP contribution in [0, 0.1) is 0 Å². The minimum atomic E-state index is 0.607. The first-order chi connectivity index (χ1) is 7.69. The Morgan fingerprint density at radius 1 is 1.31 bits per heavy atom. The van der Waals surface area contributed by atoms with E-state index in [0.29, 0.717) is 12.1 Å². The van der Waals surface area contributed by atoms with Crippen LogP contribution in [-0.2, 0) is 4.74 Å². The van der Waals surface area contributed by atoms with Gasteiger partial charge in [0.05, 0.1) is 6.61 Å². The van der Waals surface area contributed by atoms with E-state index in [1.54, 1.807) is 7.11 Å². The quantitative estimate of drug-likeness (QED) is 0.622. The fourth-order valence-electron chi connectivity index (χ4n) is 1.92. The average molecular weight is 230 g/mol. The van der Waals surface area contributed by atoms with Crippen LogP contribution in [0.5, 0.6) is 0 Å². The third-order valence-corrected chi connectivity index (χ3v) is 3.30. The lowest BCUT2D eigenvalue weighted by atomic mass is 10.1. The molecule has 0 fully saturated rings. The van der Waals surface area contributed by atoms with Crippen LogP contribution < -0.4 is 5.32 Å². The zero-order valence-corrected chi connectivity index (χ0v) is 11.8. The third kappa shape index (κ3) is 6.46. The second-order valence-electron chi connectivity index (χ2n) is 4.52. The number of nitrogens with one attached hydrogen (secondary N) is 1. The molecule has 0 aliphatic rings. The fourth-order valence-corrected chi connectivity index (χ4v) is 1.92. The highest BCUT2D eigenvalue weighted by Gasteiger charge is 2.16. The molecule has 2 atom stereocenters. The molecule has 0 saturated carbocycles. The number of methoxy groups -OCH3 is 1. The van der Waals surface area contributed by atoms with Crippen molar-refractivity contribution in [1.82, 2.24) is 10.2 Å². The number of rotatable bonds is 10. The molecule has 0 amide bonds. The molecule has 0 spiro atoms. The third-order valence-electron chi connectivity index (χ3n) is 3.30. The van der Waals surface area contributed by atoms with Crippen molar-refractivity contribution in [2.24, 2.45) is 0 Å². The van der Waals surface area contributed by atoms with Gasteiger partial charge in [0.15, 0.2) is 0 Å². The van der Waals surface area contributed by atoms with Crippen LogP contribution in [0.3, 0.4) is 0 Å². The molecule has 0 heterocycles. The summed E-state index contributed by atoms with van der Waals surface area (Å²) in [5.74, 6) is 0. The Balaban J connectivity index is 4.15. The minimum Gasteiger partial charge on any atom is -0.383 e. The molecule has 3 nitrogen and oxygen atoms in total. The summed E-state index contributed by atoms with van der Waals surface area (Å²) in [5, 5.41) is 3.41. The van der Waals surface area contributed by atoms with Crippen LogP contribution in [0.4, 0.5) is 0 Å². The number of nitrogens with zero attached hydrogens (tertiary/aromatic N) is 1. The Morgan fingerprint density at radius 2 is 2.00 bits per heavy atom. The zero-order chi connectivity index (χ0) is 12.4. The van der Waals surface area contributed by atoms with Gasteiger partial charge in [0.2, 0.25) is 0 Å². The Morgan fingerprint density at radius 3 is 2.44 bits per heavy atom. The highest BCUT2D eigenvalue weighted by molar-refractivity contribution is 4.74. The van der Waals surface area contributed by atoms with Gasteiger partial charge >= 0.3 is 0 Å². The van der Waals surface area contributed by atoms with Crippen molar-refractivity contribution in [1.29, 1.82) is 0 Å². The minimum absolute atomic E-state index is 0.607. The van der Waals surface area contributed by atoms with Gasteiger partial charge in [-0.2, -0.15) is 0 Å². The molecule has 98 valence electrons. The first-order valence-electron chi connectivity index (χ1n) is 6.59. The van der Waals surface area contributed by atoms with E-state index < -0.39 is 0 Å². The van der Waals surface area contributed by atoms with Crippen LogP contribution in [0.15, 0.2) is 0 Å². The average Bonchev–Trinajstić information content (AvgIpc) is 2.32. The molecule has 0 bridgehead atoms. The molecule has 0 saturated heterocycles. The van der Waals surface area contributed by atoms with Gasteiger partial charge in [0.25, 0.3) is 0 Å². The summed E-state index contributed by atoms with van der Waals surface area (Å²) in [6.07, 6.45) is 3.69. The fraction of sp³-hybridized carbons (Fsp3) is 1.00. The van der Waals surface area contributed by atoms with E-state index in [-0.39, 0.29) is 0 Å². The molecule has 0 aromatic heterocycles. The van der Waals surface area contributed by atoms with Crippen molar-refractivity contribution in [3.8, 4) is 0 Å². The van der Waals surface area contributed by atoms with Crippen molar-refractivity contribution in [2.45, 2.75) is 52.1 Å². The van der Waals surface area contributed by atoms with Crippen LogP contribution in [0.1, 0.15) is 40.0 Å². The Bertz CT molecular complexity index is 153. The Kier molecular flexibility index (Phi) is 9.99. The highest BCUT2D eigenvalue weighted by Crippen LogP contribution is 2.07. The molecule has 0 radical (unpaired) electrons.